The lowest BCUT2D eigenvalue weighted by atomic mass is 10.2. The van der Waals surface area contributed by atoms with Gasteiger partial charge in [-0.25, -0.2) is 0 Å². The van der Waals surface area contributed by atoms with E-state index in [-0.39, 0.29) is 0 Å². The van der Waals surface area contributed by atoms with E-state index in [9.17, 15) is 0 Å². The zero-order chi connectivity index (χ0) is 12.4. The second-order valence-corrected chi connectivity index (χ2v) is 4.52. The van der Waals surface area contributed by atoms with Crippen LogP contribution in [0.5, 0.6) is 11.5 Å². The van der Waals surface area contributed by atoms with Crippen molar-refractivity contribution in [1.82, 2.24) is 10.2 Å². The van der Waals surface area contributed by atoms with Gasteiger partial charge in [-0.3, -0.25) is 0 Å². The first-order valence-corrected chi connectivity index (χ1v) is 5.86. The van der Waals surface area contributed by atoms with Gasteiger partial charge in [-0.05, 0) is 12.1 Å². The van der Waals surface area contributed by atoms with Crippen LogP contribution < -0.4 is 15.2 Å². The molecule has 0 amide bonds. The maximum atomic E-state index is 6.06. The van der Waals surface area contributed by atoms with Crippen molar-refractivity contribution in [2.45, 2.75) is 0 Å². The molecule has 0 atom stereocenters. The summed E-state index contributed by atoms with van der Waals surface area (Å²) < 4.78 is 10.5. The molecular weight excluding hydrogens is 262 g/mol. The van der Waals surface area contributed by atoms with Gasteiger partial charge in [-0.2, -0.15) is 0 Å². The van der Waals surface area contributed by atoms with Gasteiger partial charge in [0.05, 0.1) is 24.8 Å². The zero-order valence-corrected chi connectivity index (χ0v) is 10.8. The van der Waals surface area contributed by atoms with Gasteiger partial charge in [0.2, 0.25) is 5.13 Å². The summed E-state index contributed by atoms with van der Waals surface area (Å²) in [4.78, 5) is 0. The highest BCUT2D eigenvalue weighted by atomic mass is 35.5. The summed E-state index contributed by atoms with van der Waals surface area (Å²) >= 11 is 7.31. The quantitative estimate of drug-likeness (QED) is 0.928. The monoisotopic (exact) mass is 271 g/mol. The smallest absolute Gasteiger partial charge is 0.203 e. The van der Waals surface area contributed by atoms with Crippen molar-refractivity contribution in [2.24, 2.45) is 0 Å². The van der Waals surface area contributed by atoms with Crippen LogP contribution in [0.4, 0.5) is 5.13 Å². The third-order valence-electron chi connectivity index (χ3n) is 2.15. The van der Waals surface area contributed by atoms with Crippen LogP contribution in [-0.4, -0.2) is 24.4 Å². The van der Waals surface area contributed by atoms with E-state index in [0.29, 0.717) is 32.2 Å². The molecule has 0 aliphatic heterocycles. The fourth-order valence-corrected chi connectivity index (χ4v) is 2.34. The maximum absolute atomic E-state index is 6.06. The Bertz CT molecular complexity index is 544. The molecule has 0 spiro atoms. The molecule has 0 aliphatic carbocycles. The number of methoxy groups -OCH3 is 2. The van der Waals surface area contributed by atoms with Gasteiger partial charge in [0, 0.05) is 0 Å². The molecule has 5 nitrogen and oxygen atoms in total. The van der Waals surface area contributed by atoms with Crippen LogP contribution >= 0.6 is 22.9 Å². The lowest BCUT2D eigenvalue weighted by Crippen LogP contribution is -1.93. The van der Waals surface area contributed by atoms with Crippen molar-refractivity contribution >= 4 is 28.1 Å². The normalized spacial score (nSPS) is 10.3. The summed E-state index contributed by atoms with van der Waals surface area (Å²) in [6.07, 6.45) is 0. The van der Waals surface area contributed by atoms with Crippen LogP contribution in [-0.2, 0) is 0 Å². The van der Waals surface area contributed by atoms with Gasteiger partial charge in [-0.15, -0.1) is 10.2 Å². The van der Waals surface area contributed by atoms with Gasteiger partial charge < -0.3 is 15.2 Å². The van der Waals surface area contributed by atoms with E-state index in [1.807, 2.05) is 0 Å². The number of rotatable bonds is 3. The first-order chi connectivity index (χ1) is 8.17. The molecule has 0 aliphatic rings. The highest BCUT2D eigenvalue weighted by molar-refractivity contribution is 7.18. The van der Waals surface area contributed by atoms with Gasteiger partial charge in [-0.1, -0.05) is 22.9 Å². The Hall–Kier alpha value is -1.53. The van der Waals surface area contributed by atoms with Crippen LogP contribution in [0.15, 0.2) is 12.1 Å². The molecule has 2 N–H and O–H groups in total. The fraction of sp³-hybridized carbons (Fsp3) is 0.200. The molecule has 0 unspecified atom stereocenters. The number of hydrogen-bond donors (Lipinski definition) is 1. The third kappa shape index (κ3) is 2.13. The van der Waals surface area contributed by atoms with Crippen molar-refractivity contribution in [1.29, 1.82) is 0 Å². The lowest BCUT2D eigenvalue weighted by molar-refractivity contribution is 0.397. The molecule has 1 aromatic heterocycles. The van der Waals surface area contributed by atoms with Crippen LogP contribution in [0, 0.1) is 0 Å². The highest BCUT2D eigenvalue weighted by Crippen LogP contribution is 2.43. The lowest BCUT2D eigenvalue weighted by Gasteiger charge is -2.11. The molecule has 0 radical (unpaired) electrons. The minimum atomic E-state index is 0.379. The number of benzene rings is 1. The van der Waals surface area contributed by atoms with E-state index in [1.165, 1.54) is 18.4 Å². The highest BCUT2D eigenvalue weighted by Gasteiger charge is 2.19. The van der Waals surface area contributed by atoms with E-state index < -0.39 is 0 Å². The minimum absolute atomic E-state index is 0.379. The molecule has 2 rings (SSSR count). The Morgan fingerprint density at radius 1 is 1.24 bits per heavy atom. The van der Waals surface area contributed by atoms with Gasteiger partial charge in [0.1, 0.15) is 5.75 Å². The third-order valence-corrected chi connectivity index (χ3v) is 3.22. The fourth-order valence-electron chi connectivity index (χ4n) is 1.45. The molecule has 0 saturated heterocycles. The average molecular weight is 272 g/mol. The van der Waals surface area contributed by atoms with Crippen LogP contribution in [0.1, 0.15) is 0 Å². The summed E-state index contributed by atoms with van der Waals surface area (Å²) in [6.45, 7) is 0. The van der Waals surface area contributed by atoms with Crippen molar-refractivity contribution in [2.75, 3.05) is 20.0 Å². The molecule has 2 aromatic rings. The van der Waals surface area contributed by atoms with Crippen LogP contribution in [0.3, 0.4) is 0 Å². The van der Waals surface area contributed by atoms with Gasteiger partial charge in [0.15, 0.2) is 10.8 Å². The molecule has 7 heteroatoms. The molecule has 1 aromatic carbocycles. The second kappa shape index (κ2) is 4.77. The van der Waals surface area contributed by atoms with Crippen LogP contribution in [0.2, 0.25) is 5.02 Å². The van der Waals surface area contributed by atoms with E-state index >= 15 is 0 Å². The number of halogens is 1. The van der Waals surface area contributed by atoms with E-state index in [1.54, 1.807) is 19.2 Å². The molecule has 0 fully saturated rings. The van der Waals surface area contributed by atoms with Gasteiger partial charge in [0.25, 0.3) is 0 Å². The number of nitrogens with zero attached hydrogens (tertiary/aromatic N) is 2. The first kappa shape index (κ1) is 11.9. The first-order valence-electron chi connectivity index (χ1n) is 4.67. The standard InChI is InChI=1S/C10H10ClN3O2S/c1-15-6-4-3-5(11)8(16-2)7(6)9-13-14-10(12)17-9/h3-4H,1-2H3,(H2,12,14). The van der Waals surface area contributed by atoms with Crippen LogP contribution in [0.25, 0.3) is 10.6 Å². The van der Waals surface area contributed by atoms with Crippen molar-refractivity contribution in [3.05, 3.63) is 17.2 Å². The molecular formula is C10H10ClN3O2S. The number of ether oxygens (including phenoxy) is 2. The summed E-state index contributed by atoms with van der Waals surface area (Å²) in [5.41, 5.74) is 6.23. The molecule has 0 saturated carbocycles. The minimum Gasteiger partial charge on any atom is -0.496 e. The largest absolute Gasteiger partial charge is 0.496 e. The second-order valence-electron chi connectivity index (χ2n) is 3.10. The molecule has 1 heterocycles. The molecule has 0 bridgehead atoms. The Balaban J connectivity index is 2.68. The summed E-state index contributed by atoms with van der Waals surface area (Å²) in [6, 6.07) is 3.45. The maximum Gasteiger partial charge on any atom is 0.203 e. The Kier molecular flexibility index (Phi) is 3.35. The van der Waals surface area contributed by atoms with Crippen molar-refractivity contribution in [3.8, 4) is 22.1 Å². The van der Waals surface area contributed by atoms with Crippen molar-refractivity contribution in [3.63, 3.8) is 0 Å². The van der Waals surface area contributed by atoms with Gasteiger partial charge >= 0.3 is 0 Å². The topological polar surface area (TPSA) is 70.3 Å². The Morgan fingerprint density at radius 3 is 2.53 bits per heavy atom. The summed E-state index contributed by atoms with van der Waals surface area (Å²) in [7, 11) is 3.10. The Labute approximate surface area is 107 Å². The zero-order valence-electron chi connectivity index (χ0n) is 9.23. The average Bonchev–Trinajstić information content (AvgIpc) is 2.75. The summed E-state index contributed by atoms with van der Waals surface area (Å²) in [5.74, 6) is 1.12. The molecule has 90 valence electrons. The number of anilines is 1. The predicted molar refractivity (Wildman–Crippen MR) is 67.9 cm³/mol. The number of nitrogen functional groups attached to an aromatic ring is 1. The predicted octanol–water partition coefficient (Wildman–Crippen LogP) is 2.46. The summed E-state index contributed by atoms with van der Waals surface area (Å²) in [5, 5.41) is 9.21. The molecule has 17 heavy (non-hydrogen) atoms. The Morgan fingerprint density at radius 2 is 2.00 bits per heavy atom. The number of aromatic nitrogens is 2. The SMILES string of the molecule is COc1ccc(Cl)c(OC)c1-c1nnc(N)s1. The van der Waals surface area contributed by atoms with E-state index in [0.717, 1.165) is 0 Å². The number of nitrogens with two attached hydrogens (primary N) is 1. The van der Waals surface area contributed by atoms with Crippen molar-refractivity contribution < 1.29 is 9.47 Å². The number of hydrogen-bond acceptors (Lipinski definition) is 6. The van der Waals surface area contributed by atoms with E-state index in [4.69, 9.17) is 26.8 Å². The van der Waals surface area contributed by atoms with E-state index in [2.05, 4.69) is 10.2 Å².